The van der Waals surface area contributed by atoms with Crippen molar-refractivity contribution in [2.45, 2.75) is 39.3 Å². The minimum absolute atomic E-state index is 0.314. The number of piperidine rings is 1. The van der Waals surface area contributed by atoms with E-state index in [1.165, 1.54) is 5.56 Å². The van der Waals surface area contributed by atoms with Gasteiger partial charge in [0.25, 0.3) is 6.01 Å². The lowest BCUT2D eigenvalue weighted by molar-refractivity contribution is 0.209. The maximum atomic E-state index is 6.04. The lowest BCUT2D eigenvalue weighted by Crippen LogP contribution is -2.38. The van der Waals surface area contributed by atoms with Gasteiger partial charge in [-0.15, -0.1) is 0 Å². The number of nitrogen functional groups attached to an aromatic ring is 1. The summed E-state index contributed by atoms with van der Waals surface area (Å²) < 4.78 is 20.0. The lowest BCUT2D eigenvalue weighted by Gasteiger charge is -2.32. The summed E-state index contributed by atoms with van der Waals surface area (Å²) in [7, 11) is 0. The van der Waals surface area contributed by atoms with Gasteiger partial charge in [0.1, 0.15) is 22.7 Å². The molecule has 0 atom stereocenters. The Labute approximate surface area is 205 Å². The molecule has 0 amide bonds. The van der Waals surface area contributed by atoms with E-state index in [4.69, 9.17) is 19.6 Å². The van der Waals surface area contributed by atoms with Crippen molar-refractivity contribution in [3.05, 3.63) is 60.4 Å². The van der Waals surface area contributed by atoms with Crippen molar-refractivity contribution in [3.63, 3.8) is 0 Å². The van der Waals surface area contributed by atoms with E-state index in [2.05, 4.69) is 31.9 Å². The van der Waals surface area contributed by atoms with Gasteiger partial charge in [-0.3, -0.25) is 4.90 Å². The molecule has 3 N–H and O–H groups in total. The fraction of sp³-hybridized carbons (Fsp3) is 0.370. The highest BCUT2D eigenvalue weighted by molar-refractivity contribution is 5.86. The minimum Gasteiger partial charge on any atom is -0.492 e. The van der Waals surface area contributed by atoms with Crippen molar-refractivity contribution in [2.75, 3.05) is 37.4 Å². The highest BCUT2D eigenvalue weighted by atomic mass is 16.5. The Morgan fingerprint density at radius 3 is 2.34 bits per heavy atom. The highest BCUT2D eigenvalue weighted by Crippen LogP contribution is 2.35. The number of hydrogen-bond donors (Lipinski definition) is 2. The van der Waals surface area contributed by atoms with Gasteiger partial charge in [0, 0.05) is 38.1 Å². The number of rotatable bonds is 9. The number of aromatic nitrogens is 2. The molecule has 2 aromatic carbocycles. The molecule has 3 heterocycles. The molecule has 0 aliphatic carbocycles. The maximum absolute atomic E-state index is 6.04. The Bertz CT molecular complexity index is 1230. The van der Waals surface area contributed by atoms with Crippen LogP contribution in [0.2, 0.25) is 0 Å². The molecule has 2 aromatic heterocycles. The van der Waals surface area contributed by atoms with Crippen LogP contribution in [-0.2, 0) is 6.54 Å². The van der Waals surface area contributed by atoms with Gasteiger partial charge in [0.2, 0.25) is 0 Å². The zero-order valence-electron chi connectivity index (χ0n) is 20.4. The molecular formula is C27H33N5O3. The van der Waals surface area contributed by atoms with E-state index in [-0.39, 0.29) is 0 Å². The third-order valence-electron chi connectivity index (χ3n) is 6.33. The number of para-hydroxylation sites is 1. The van der Waals surface area contributed by atoms with Crippen molar-refractivity contribution >= 4 is 22.8 Å². The summed E-state index contributed by atoms with van der Waals surface area (Å²) in [5.74, 6) is 1.69. The average Bonchev–Trinajstić information content (AvgIpc) is 3.52. The summed E-state index contributed by atoms with van der Waals surface area (Å²) in [5, 5.41) is 3.45. The first-order chi connectivity index (χ1) is 17.1. The number of nitrogens with zero attached hydrogens (tertiary/aromatic N) is 3. The van der Waals surface area contributed by atoms with Crippen LogP contribution < -0.4 is 20.5 Å². The number of likely N-dealkylation sites (tertiary alicyclic amines) is 1. The number of oxazole rings is 1. The molecule has 1 aliphatic heterocycles. The van der Waals surface area contributed by atoms with Gasteiger partial charge in [-0.05, 0) is 68.7 Å². The molecule has 4 aromatic rings. The van der Waals surface area contributed by atoms with E-state index in [1.807, 2.05) is 56.6 Å². The van der Waals surface area contributed by atoms with E-state index < -0.39 is 0 Å². The van der Waals surface area contributed by atoms with Crippen LogP contribution in [0.15, 0.2) is 59.3 Å². The molecule has 8 nitrogen and oxygen atoms in total. The number of anilines is 2. The second kappa shape index (κ2) is 10.3. The summed E-state index contributed by atoms with van der Waals surface area (Å²) in [6.45, 7) is 8.02. The van der Waals surface area contributed by atoms with E-state index in [0.29, 0.717) is 42.1 Å². The zero-order valence-corrected chi connectivity index (χ0v) is 20.4. The summed E-state index contributed by atoms with van der Waals surface area (Å²) in [5.41, 5.74) is 10.2. The highest BCUT2D eigenvalue weighted by Gasteiger charge is 2.22. The van der Waals surface area contributed by atoms with E-state index >= 15 is 0 Å². The second-order valence-corrected chi connectivity index (χ2v) is 8.80. The predicted octanol–water partition coefficient (Wildman–Crippen LogP) is 5.07. The van der Waals surface area contributed by atoms with E-state index in [1.54, 1.807) is 0 Å². The molecular weight excluding hydrogens is 442 g/mol. The number of benzene rings is 2. The SMILES string of the molecule is CCOc1cc(CN2CCC(Nc3nc4c(N)cccc4o3)CC2)cc(OCC)c1-n1cccc1. The molecule has 1 fully saturated rings. The van der Waals surface area contributed by atoms with Gasteiger partial charge in [-0.1, -0.05) is 6.07 Å². The molecule has 35 heavy (non-hydrogen) atoms. The van der Waals surface area contributed by atoms with Gasteiger partial charge >= 0.3 is 0 Å². The minimum atomic E-state index is 0.314. The van der Waals surface area contributed by atoms with Crippen LogP contribution in [0.1, 0.15) is 32.3 Å². The van der Waals surface area contributed by atoms with Crippen LogP contribution in [-0.4, -0.2) is 46.8 Å². The fourth-order valence-corrected chi connectivity index (χ4v) is 4.70. The molecule has 0 bridgehead atoms. The van der Waals surface area contributed by atoms with Gasteiger partial charge in [0.15, 0.2) is 5.58 Å². The Hall–Kier alpha value is -3.65. The van der Waals surface area contributed by atoms with Crippen molar-refractivity contribution < 1.29 is 13.9 Å². The average molecular weight is 476 g/mol. The summed E-state index contributed by atoms with van der Waals surface area (Å²) in [6.07, 6.45) is 6.05. The molecule has 0 saturated carbocycles. The molecule has 1 aliphatic rings. The summed E-state index contributed by atoms with van der Waals surface area (Å²) in [6, 6.07) is 14.8. The van der Waals surface area contributed by atoms with Gasteiger partial charge in [0.05, 0.1) is 18.9 Å². The van der Waals surface area contributed by atoms with E-state index in [0.717, 1.165) is 49.7 Å². The van der Waals surface area contributed by atoms with Crippen LogP contribution in [0, 0.1) is 0 Å². The molecule has 184 valence electrons. The Morgan fingerprint density at radius 2 is 1.71 bits per heavy atom. The van der Waals surface area contributed by atoms with Crippen LogP contribution in [0.4, 0.5) is 11.7 Å². The molecule has 0 spiro atoms. The van der Waals surface area contributed by atoms with Crippen LogP contribution in [0.5, 0.6) is 11.5 Å². The van der Waals surface area contributed by atoms with Crippen LogP contribution in [0.25, 0.3) is 16.8 Å². The number of nitrogens with one attached hydrogen (secondary N) is 1. The third kappa shape index (κ3) is 5.07. The number of fused-ring (bicyclic) bond motifs is 1. The zero-order chi connectivity index (χ0) is 24.2. The largest absolute Gasteiger partial charge is 0.492 e. The lowest BCUT2D eigenvalue weighted by atomic mass is 10.0. The monoisotopic (exact) mass is 475 g/mol. The topological polar surface area (TPSA) is 90.7 Å². The Morgan fingerprint density at radius 1 is 1.03 bits per heavy atom. The molecule has 8 heteroatoms. The number of hydrogen-bond acceptors (Lipinski definition) is 7. The standard InChI is InChI=1S/C27H33N5O3/c1-3-33-23-16-19(17-24(34-4-2)26(23)32-12-5-6-13-32)18-31-14-10-20(11-15-31)29-27-30-25-21(28)8-7-9-22(25)35-27/h5-9,12-13,16-17,20H,3-4,10-11,14-15,18,28H2,1-2H3,(H,29,30). The van der Waals surface area contributed by atoms with Crippen molar-refractivity contribution in [2.24, 2.45) is 0 Å². The maximum Gasteiger partial charge on any atom is 0.295 e. The summed E-state index contributed by atoms with van der Waals surface area (Å²) >= 11 is 0. The summed E-state index contributed by atoms with van der Waals surface area (Å²) in [4.78, 5) is 7.00. The van der Waals surface area contributed by atoms with Crippen molar-refractivity contribution in [1.82, 2.24) is 14.5 Å². The molecule has 5 rings (SSSR count). The third-order valence-corrected chi connectivity index (χ3v) is 6.33. The number of ether oxygens (including phenoxy) is 2. The van der Waals surface area contributed by atoms with Gasteiger partial charge < -0.3 is 29.5 Å². The molecule has 1 saturated heterocycles. The molecule has 0 unspecified atom stereocenters. The van der Waals surface area contributed by atoms with Crippen molar-refractivity contribution in [1.29, 1.82) is 0 Å². The second-order valence-electron chi connectivity index (χ2n) is 8.80. The Balaban J connectivity index is 1.26. The normalized spacial score (nSPS) is 14.9. The van der Waals surface area contributed by atoms with Gasteiger partial charge in [-0.2, -0.15) is 4.98 Å². The van der Waals surface area contributed by atoms with Crippen LogP contribution in [0.3, 0.4) is 0 Å². The first-order valence-corrected chi connectivity index (χ1v) is 12.3. The smallest absolute Gasteiger partial charge is 0.295 e. The predicted molar refractivity (Wildman–Crippen MR) is 138 cm³/mol. The first-order valence-electron chi connectivity index (χ1n) is 12.3. The van der Waals surface area contributed by atoms with Crippen LogP contribution >= 0.6 is 0 Å². The van der Waals surface area contributed by atoms with E-state index in [9.17, 15) is 0 Å². The van der Waals surface area contributed by atoms with Gasteiger partial charge in [-0.25, -0.2) is 0 Å². The Kier molecular flexibility index (Phi) is 6.81. The first kappa shape index (κ1) is 23.1. The number of nitrogens with two attached hydrogens (primary N) is 1. The fourth-order valence-electron chi connectivity index (χ4n) is 4.70. The van der Waals surface area contributed by atoms with Crippen molar-refractivity contribution in [3.8, 4) is 17.2 Å². The quantitative estimate of drug-likeness (QED) is 0.326. The molecule has 0 radical (unpaired) electrons.